The Morgan fingerprint density at radius 3 is 2.95 bits per heavy atom. The molecule has 2 rings (SSSR count). The molecule has 1 saturated heterocycles. The first-order valence-electron chi connectivity index (χ1n) is 5.80. The van der Waals surface area contributed by atoms with Gasteiger partial charge in [0.1, 0.15) is 6.04 Å². The van der Waals surface area contributed by atoms with E-state index in [1.165, 1.54) is 28.0 Å². The van der Waals surface area contributed by atoms with Crippen molar-refractivity contribution in [3.63, 3.8) is 0 Å². The van der Waals surface area contributed by atoms with Crippen LogP contribution in [0.25, 0.3) is 0 Å². The fourth-order valence-corrected chi connectivity index (χ4v) is 3.77. The van der Waals surface area contributed by atoms with Crippen LogP contribution in [0.3, 0.4) is 0 Å². The van der Waals surface area contributed by atoms with Crippen molar-refractivity contribution < 1.29 is 14.7 Å². The standard InChI is InChI=1S/C11H15N3O3S2/c1-6-9(19-5-13-6)3-12-11(17)14-7(2)18-4-8(14)10(15)16/h5,7-8H,3-4H2,1-2H3,(H,12,17)(H,15,16). The maximum absolute atomic E-state index is 12.1. The summed E-state index contributed by atoms with van der Waals surface area (Å²) in [5, 5.41) is 11.7. The number of hydrogen-bond donors (Lipinski definition) is 2. The van der Waals surface area contributed by atoms with Gasteiger partial charge in [-0.05, 0) is 13.8 Å². The van der Waals surface area contributed by atoms with Gasteiger partial charge in [-0.15, -0.1) is 23.1 Å². The quantitative estimate of drug-likeness (QED) is 0.884. The summed E-state index contributed by atoms with van der Waals surface area (Å²) in [6.07, 6.45) is 0. The molecular weight excluding hydrogens is 286 g/mol. The fourth-order valence-electron chi connectivity index (χ4n) is 1.88. The number of rotatable bonds is 3. The monoisotopic (exact) mass is 301 g/mol. The number of aliphatic carboxylic acids is 1. The Morgan fingerprint density at radius 1 is 1.63 bits per heavy atom. The van der Waals surface area contributed by atoms with Gasteiger partial charge in [-0.2, -0.15) is 0 Å². The van der Waals surface area contributed by atoms with E-state index in [0.29, 0.717) is 12.3 Å². The van der Waals surface area contributed by atoms with Crippen LogP contribution in [-0.4, -0.2) is 44.2 Å². The Balaban J connectivity index is 1.99. The third-order valence-corrected chi connectivity index (χ3v) is 5.14. The van der Waals surface area contributed by atoms with Crippen LogP contribution in [-0.2, 0) is 11.3 Å². The molecule has 0 aliphatic carbocycles. The van der Waals surface area contributed by atoms with Crippen molar-refractivity contribution in [1.82, 2.24) is 15.2 Å². The van der Waals surface area contributed by atoms with E-state index in [1.54, 1.807) is 5.51 Å². The summed E-state index contributed by atoms with van der Waals surface area (Å²) in [6, 6.07) is -1.08. The van der Waals surface area contributed by atoms with E-state index in [-0.39, 0.29) is 11.4 Å². The van der Waals surface area contributed by atoms with Crippen LogP contribution in [0.15, 0.2) is 5.51 Å². The highest BCUT2D eigenvalue weighted by molar-refractivity contribution is 8.00. The van der Waals surface area contributed by atoms with Crippen molar-refractivity contribution >= 4 is 35.1 Å². The molecule has 1 aromatic rings. The summed E-state index contributed by atoms with van der Waals surface area (Å²) >= 11 is 2.95. The molecule has 2 amide bonds. The predicted octanol–water partition coefficient (Wildman–Crippen LogP) is 1.51. The van der Waals surface area contributed by atoms with Gasteiger partial charge >= 0.3 is 12.0 Å². The van der Waals surface area contributed by atoms with Gasteiger partial charge in [-0.25, -0.2) is 14.6 Å². The lowest BCUT2D eigenvalue weighted by Gasteiger charge is -2.25. The third-order valence-electron chi connectivity index (χ3n) is 2.99. The lowest BCUT2D eigenvalue weighted by molar-refractivity contribution is -0.141. The molecule has 0 radical (unpaired) electrons. The van der Waals surface area contributed by atoms with E-state index in [4.69, 9.17) is 5.11 Å². The van der Waals surface area contributed by atoms with Gasteiger partial charge in [0.2, 0.25) is 0 Å². The summed E-state index contributed by atoms with van der Waals surface area (Å²) in [5.41, 5.74) is 2.62. The van der Waals surface area contributed by atoms with Crippen LogP contribution >= 0.6 is 23.1 Å². The van der Waals surface area contributed by atoms with Crippen LogP contribution in [0.1, 0.15) is 17.5 Å². The molecule has 0 bridgehead atoms. The highest BCUT2D eigenvalue weighted by atomic mass is 32.2. The van der Waals surface area contributed by atoms with Crippen LogP contribution in [0, 0.1) is 6.92 Å². The molecule has 2 heterocycles. The topological polar surface area (TPSA) is 82.5 Å². The molecule has 0 saturated carbocycles. The summed E-state index contributed by atoms with van der Waals surface area (Å²) < 4.78 is 0. The Labute approximate surface area is 119 Å². The number of nitrogens with one attached hydrogen (secondary N) is 1. The predicted molar refractivity (Wildman–Crippen MR) is 74.3 cm³/mol. The zero-order valence-corrected chi connectivity index (χ0v) is 12.3. The molecule has 1 aromatic heterocycles. The number of carboxylic acid groups (broad SMARTS) is 1. The van der Waals surface area contributed by atoms with Crippen molar-refractivity contribution in [2.45, 2.75) is 31.8 Å². The molecule has 2 unspecified atom stereocenters. The Hall–Kier alpha value is -1.28. The van der Waals surface area contributed by atoms with Crippen molar-refractivity contribution in [2.75, 3.05) is 5.75 Å². The van der Waals surface area contributed by atoms with Gasteiger partial charge in [-0.1, -0.05) is 0 Å². The Bertz CT molecular complexity index is 491. The second-order valence-corrected chi connectivity index (χ2v) is 6.50. The first kappa shape index (κ1) is 14.1. The molecule has 8 heteroatoms. The smallest absolute Gasteiger partial charge is 0.327 e. The molecule has 1 aliphatic heterocycles. The summed E-state index contributed by atoms with van der Waals surface area (Å²) in [7, 11) is 0. The number of thiazole rings is 1. The highest BCUT2D eigenvalue weighted by Crippen LogP contribution is 2.28. The molecule has 1 aliphatic rings. The van der Waals surface area contributed by atoms with Crippen molar-refractivity contribution in [2.24, 2.45) is 0 Å². The zero-order chi connectivity index (χ0) is 14.0. The molecule has 2 N–H and O–H groups in total. The fraction of sp³-hybridized carbons (Fsp3) is 0.545. The van der Waals surface area contributed by atoms with Gasteiger partial charge in [0.15, 0.2) is 0 Å². The van der Waals surface area contributed by atoms with E-state index >= 15 is 0 Å². The molecule has 19 heavy (non-hydrogen) atoms. The average molecular weight is 301 g/mol. The van der Waals surface area contributed by atoms with E-state index in [1.807, 2.05) is 13.8 Å². The van der Waals surface area contributed by atoms with E-state index < -0.39 is 12.0 Å². The third kappa shape index (κ3) is 3.01. The molecule has 1 fully saturated rings. The summed E-state index contributed by atoms with van der Waals surface area (Å²) in [4.78, 5) is 29.7. The lowest BCUT2D eigenvalue weighted by atomic mass is 10.3. The maximum Gasteiger partial charge on any atom is 0.327 e. The first-order valence-corrected chi connectivity index (χ1v) is 7.73. The van der Waals surface area contributed by atoms with Gasteiger partial charge in [0.05, 0.1) is 23.1 Å². The number of amides is 2. The molecule has 2 atom stereocenters. The molecule has 0 aromatic carbocycles. The van der Waals surface area contributed by atoms with E-state index in [9.17, 15) is 9.59 Å². The first-order chi connectivity index (χ1) is 9.00. The SMILES string of the molecule is Cc1ncsc1CNC(=O)N1C(C)SCC1C(=O)O. The van der Waals surface area contributed by atoms with Crippen molar-refractivity contribution in [1.29, 1.82) is 0 Å². The number of carboxylic acids is 1. The Kier molecular flexibility index (Phi) is 4.31. The van der Waals surface area contributed by atoms with Gasteiger partial charge in [0, 0.05) is 10.6 Å². The second-order valence-electron chi connectivity index (χ2n) is 4.21. The highest BCUT2D eigenvalue weighted by Gasteiger charge is 2.39. The van der Waals surface area contributed by atoms with Crippen molar-refractivity contribution in [3.8, 4) is 0 Å². The number of urea groups is 1. The van der Waals surface area contributed by atoms with Gasteiger partial charge < -0.3 is 10.4 Å². The van der Waals surface area contributed by atoms with Crippen LogP contribution < -0.4 is 5.32 Å². The van der Waals surface area contributed by atoms with E-state index in [2.05, 4.69) is 10.3 Å². The van der Waals surface area contributed by atoms with E-state index in [0.717, 1.165) is 10.6 Å². The molecule has 0 spiro atoms. The number of carbonyl (C=O) groups excluding carboxylic acids is 1. The number of thioether (sulfide) groups is 1. The Morgan fingerprint density at radius 2 is 2.37 bits per heavy atom. The zero-order valence-electron chi connectivity index (χ0n) is 10.6. The minimum absolute atomic E-state index is 0.122. The number of carbonyl (C=O) groups is 2. The minimum Gasteiger partial charge on any atom is -0.480 e. The van der Waals surface area contributed by atoms with Crippen LogP contribution in [0.4, 0.5) is 4.79 Å². The molecule has 6 nitrogen and oxygen atoms in total. The van der Waals surface area contributed by atoms with Crippen molar-refractivity contribution in [3.05, 3.63) is 16.1 Å². The minimum atomic E-state index is -0.957. The summed E-state index contributed by atoms with van der Waals surface area (Å²) in [5.74, 6) is -0.523. The largest absolute Gasteiger partial charge is 0.480 e. The summed E-state index contributed by atoms with van der Waals surface area (Å²) in [6.45, 7) is 4.10. The van der Waals surface area contributed by atoms with Crippen LogP contribution in [0.5, 0.6) is 0 Å². The maximum atomic E-state index is 12.1. The number of hydrogen-bond acceptors (Lipinski definition) is 5. The van der Waals surface area contributed by atoms with Crippen LogP contribution in [0.2, 0.25) is 0 Å². The van der Waals surface area contributed by atoms with Gasteiger partial charge in [-0.3, -0.25) is 4.90 Å². The van der Waals surface area contributed by atoms with Gasteiger partial charge in [0.25, 0.3) is 0 Å². The average Bonchev–Trinajstić information content (AvgIpc) is 2.92. The molecule has 104 valence electrons. The number of aromatic nitrogens is 1. The second kappa shape index (κ2) is 5.79. The number of nitrogens with zero attached hydrogens (tertiary/aromatic N) is 2. The lowest BCUT2D eigenvalue weighted by Crippen LogP contribution is -2.49. The normalized spacial score (nSPS) is 22.5. The number of aryl methyl sites for hydroxylation is 1. The molecular formula is C11H15N3O3S2.